The number of aryl methyl sites for hydroxylation is 1. The summed E-state index contributed by atoms with van der Waals surface area (Å²) in [5, 5.41) is 10.1. The molecule has 0 aliphatic rings. The average molecular weight is 305 g/mol. The molecule has 1 amide bonds. The second-order valence-electron chi connectivity index (χ2n) is 4.52. The Bertz CT molecular complexity index is 683. The normalized spacial score (nSPS) is 11.3. The molecule has 22 heavy (non-hydrogen) atoms. The van der Waals surface area contributed by atoms with Crippen LogP contribution in [0, 0.1) is 5.82 Å². The number of hydrogen-bond acceptors (Lipinski definition) is 4. The molecule has 0 atom stereocenters. The molecule has 0 aliphatic carbocycles. The molecule has 3 N–H and O–H groups in total. The van der Waals surface area contributed by atoms with E-state index >= 15 is 0 Å². The number of nitrogens with one attached hydrogen (secondary N) is 1. The smallest absolute Gasteiger partial charge is 0.261 e. The van der Waals surface area contributed by atoms with Crippen LogP contribution in [0.5, 0.6) is 0 Å². The van der Waals surface area contributed by atoms with Crippen molar-refractivity contribution in [3.05, 3.63) is 53.6 Å². The summed E-state index contributed by atoms with van der Waals surface area (Å²) in [4.78, 5) is 16.4. The Morgan fingerprint density at radius 3 is 2.95 bits per heavy atom. The largest absolute Gasteiger partial charge is 0.384 e. The van der Waals surface area contributed by atoms with Gasteiger partial charge in [0.15, 0.2) is 12.4 Å². The molecule has 0 saturated carbocycles. The summed E-state index contributed by atoms with van der Waals surface area (Å²) in [7, 11) is 1.74. The Hall–Kier alpha value is -2.90. The van der Waals surface area contributed by atoms with Crippen LogP contribution in [-0.2, 0) is 23.2 Å². The molecule has 2 aromatic rings. The van der Waals surface area contributed by atoms with Crippen molar-refractivity contribution in [1.82, 2.24) is 15.1 Å². The predicted octanol–water partition coefficient (Wildman–Crippen LogP) is 0.513. The van der Waals surface area contributed by atoms with E-state index in [1.54, 1.807) is 36.1 Å². The van der Waals surface area contributed by atoms with Crippen LogP contribution in [0.2, 0.25) is 0 Å². The number of oxime groups is 1. The number of carbonyl (C=O) groups is 1. The molecule has 0 radical (unpaired) electrons. The van der Waals surface area contributed by atoms with E-state index in [-0.39, 0.29) is 24.8 Å². The highest BCUT2D eigenvalue weighted by atomic mass is 19.1. The zero-order chi connectivity index (χ0) is 15.9. The van der Waals surface area contributed by atoms with Crippen LogP contribution < -0.4 is 11.1 Å². The second kappa shape index (κ2) is 7.21. The zero-order valence-corrected chi connectivity index (χ0v) is 12.0. The van der Waals surface area contributed by atoms with Crippen LogP contribution in [0.15, 0.2) is 41.8 Å². The van der Waals surface area contributed by atoms with Gasteiger partial charge in [0.2, 0.25) is 0 Å². The number of benzene rings is 1. The van der Waals surface area contributed by atoms with Crippen LogP contribution in [-0.4, -0.2) is 28.1 Å². The summed E-state index contributed by atoms with van der Waals surface area (Å²) in [5.74, 6) is -0.677. The summed E-state index contributed by atoms with van der Waals surface area (Å²) in [6, 6.07) is 6.20. The molecule has 0 spiro atoms. The van der Waals surface area contributed by atoms with Crippen LogP contribution in [0.25, 0.3) is 0 Å². The Morgan fingerprint density at radius 2 is 2.27 bits per heavy atom. The highest BCUT2D eigenvalue weighted by Crippen LogP contribution is 2.05. The minimum absolute atomic E-state index is 0.0800. The topological polar surface area (TPSA) is 94.5 Å². The minimum Gasteiger partial charge on any atom is -0.384 e. The van der Waals surface area contributed by atoms with E-state index in [2.05, 4.69) is 15.6 Å². The number of hydrogen-bond donors (Lipinski definition) is 2. The van der Waals surface area contributed by atoms with Crippen LogP contribution in [0.1, 0.15) is 11.1 Å². The third-order valence-electron chi connectivity index (χ3n) is 2.79. The maximum Gasteiger partial charge on any atom is 0.261 e. The number of nitrogens with two attached hydrogens (primary N) is 1. The number of aromatic nitrogens is 2. The van der Waals surface area contributed by atoms with E-state index in [0.29, 0.717) is 11.1 Å². The lowest BCUT2D eigenvalue weighted by atomic mass is 10.2. The second-order valence-corrected chi connectivity index (χ2v) is 4.52. The monoisotopic (exact) mass is 305 g/mol. The molecule has 2 rings (SSSR count). The van der Waals surface area contributed by atoms with Crippen molar-refractivity contribution in [2.45, 2.75) is 6.54 Å². The highest BCUT2D eigenvalue weighted by molar-refractivity contribution is 5.96. The van der Waals surface area contributed by atoms with Crippen molar-refractivity contribution in [3.63, 3.8) is 0 Å². The Morgan fingerprint density at radius 1 is 1.50 bits per heavy atom. The molecule has 8 heteroatoms. The lowest BCUT2D eigenvalue weighted by Gasteiger charge is -2.05. The number of rotatable bonds is 6. The van der Waals surface area contributed by atoms with Crippen molar-refractivity contribution in [2.75, 3.05) is 6.61 Å². The van der Waals surface area contributed by atoms with E-state index in [1.165, 1.54) is 12.3 Å². The van der Waals surface area contributed by atoms with Crippen LogP contribution in [0.4, 0.5) is 4.39 Å². The molecule has 1 heterocycles. The average Bonchev–Trinajstić information content (AvgIpc) is 2.93. The molecule has 0 fully saturated rings. The first-order valence-electron chi connectivity index (χ1n) is 6.51. The van der Waals surface area contributed by atoms with Gasteiger partial charge < -0.3 is 15.9 Å². The van der Waals surface area contributed by atoms with E-state index in [4.69, 9.17) is 10.6 Å². The van der Waals surface area contributed by atoms with Gasteiger partial charge >= 0.3 is 0 Å². The van der Waals surface area contributed by atoms with E-state index in [9.17, 15) is 9.18 Å². The Labute approximate surface area is 126 Å². The maximum absolute atomic E-state index is 13.4. The van der Waals surface area contributed by atoms with Crippen LogP contribution in [0.3, 0.4) is 0 Å². The molecule has 0 aliphatic heterocycles. The van der Waals surface area contributed by atoms with Gasteiger partial charge in [-0.15, -0.1) is 0 Å². The standard InChI is InChI=1S/C14H16FN5O2/c1-20-8-11(7-18-20)14(16)19-22-9-13(21)17-6-10-4-2-3-5-12(10)15/h2-5,7-8H,6,9H2,1H3,(H2,16,19)(H,17,21). The van der Waals surface area contributed by atoms with Gasteiger partial charge in [-0.05, 0) is 6.07 Å². The zero-order valence-electron chi connectivity index (χ0n) is 12.0. The summed E-state index contributed by atoms with van der Waals surface area (Å²) in [6.07, 6.45) is 3.20. The first kappa shape index (κ1) is 15.5. The first-order chi connectivity index (χ1) is 10.6. The lowest BCUT2D eigenvalue weighted by Crippen LogP contribution is -2.27. The fraction of sp³-hybridized carbons (Fsp3) is 0.214. The summed E-state index contributed by atoms with van der Waals surface area (Å²) in [5.41, 5.74) is 6.66. The molecule has 7 nitrogen and oxygen atoms in total. The summed E-state index contributed by atoms with van der Waals surface area (Å²) in [6.45, 7) is -0.230. The fourth-order valence-corrected chi connectivity index (χ4v) is 1.65. The van der Waals surface area contributed by atoms with Gasteiger partial charge in [-0.1, -0.05) is 23.4 Å². The van der Waals surface area contributed by atoms with Gasteiger partial charge in [0.25, 0.3) is 5.91 Å². The van der Waals surface area contributed by atoms with E-state index < -0.39 is 5.91 Å². The van der Waals surface area contributed by atoms with Crippen molar-refractivity contribution < 1.29 is 14.0 Å². The van der Waals surface area contributed by atoms with Gasteiger partial charge in [0.1, 0.15) is 5.82 Å². The number of carbonyl (C=O) groups excluding carboxylic acids is 1. The number of amides is 1. The first-order valence-corrected chi connectivity index (χ1v) is 6.51. The summed E-state index contributed by atoms with van der Waals surface area (Å²) < 4.78 is 14.9. The lowest BCUT2D eigenvalue weighted by molar-refractivity contribution is -0.125. The molecule has 0 unspecified atom stereocenters. The molecule has 1 aromatic carbocycles. The van der Waals surface area contributed by atoms with E-state index in [0.717, 1.165) is 0 Å². The molecular weight excluding hydrogens is 289 g/mol. The Kier molecular flexibility index (Phi) is 5.07. The van der Waals surface area contributed by atoms with Crippen molar-refractivity contribution in [3.8, 4) is 0 Å². The number of halogens is 1. The fourth-order valence-electron chi connectivity index (χ4n) is 1.65. The highest BCUT2D eigenvalue weighted by Gasteiger charge is 2.06. The van der Waals surface area contributed by atoms with Crippen molar-refractivity contribution in [1.29, 1.82) is 0 Å². The molecular formula is C14H16FN5O2. The van der Waals surface area contributed by atoms with Gasteiger partial charge in [0, 0.05) is 25.4 Å². The van der Waals surface area contributed by atoms with Crippen molar-refractivity contribution in [2.24, 2.45) is 17.9 Å². The minimum atomic E-state index is -0.425. The van der Waals surface area contributed by atoms with Crippen LogP contribution >= 0.6 is 0 Å². The van der Waals surface area contributed by atoms with Crippen molar-refractivity contribution >= 4 is 11.7 Å². The Balaban J connectivity index is 1.77. The molecule has 0 saturated heterocycles. The third-order valence-corrected chi connectivity index (χ3v) is 2.79. The van der Waals surface area contributed by atoms with Gasteiger partial charge in [-0.25, -0.2) is 4.39 Å². The van der Waals surface area contributed by atoms with E-state index in [1.807, 2.05) is 0 Å². The quantitative estimate of drug-likeness (QED) is 0.462. The molecule has 116 valence electrons. The number of amidine groups is 1. The van der Waals surface area contributed by atoms with Gasteiger partial charge in [-0.2, -0.15) is 5.10 Å². The summed E-state index contributed by atoms with van der Waals surface area (Å²) >= 11 is 0. The SMILES string of the molecule is Cn1cc(/C(N)=N/OCC(=O)NCc2ccccc2F)cn1. The molecule has 1 aromatic heterocycles. The third kappa shape index (κ3) is 4.30. The maximum atomic E-state index is 13.4. The number of nitrogens with zero attached hydrogens (tertiary/aromatic N) is 3. The van der Waals surface area contributed by atoms with Gasteiger partial charge in [0.05, 0.1) is 11.8 Å². The van der Waals surface area contributed by atoms with Gasteiger partial charge in [-0.3, -0.25) is 9.48 Å². The predicted molar refractivity (Wildman–Crippen MR) is 78.1 cm³/mol. The molecule has 0 bridgehead atoms.